The van der Waals surface area contributed by atoms with Crippen molar-refractivity contribution in [3.8, 4) is 18.1 Å². The Bertz CT molecular complexity index is 1710. The first-order chi connectivity index (χ1) is 18.5. The Hall–Kier alpha value is -2.35. The highest BCUT2D eigenvalue weighted by molar-refractivity contribution is 14.1. The van der Waals surface area contributed by atoms with Crippen LogP contribution in [0, 0.1) is 19.5 Å². The predicted octanol–water partition coefficient (Wildman–Crippen LogP) is 5.22. The lowest BCUT2D eigenvalue weighted by Gasteiger charge is -2.26. The van der Waals surface area contributed by atoms with Crippen LogP contribution in [0.5, 0.6) is 5.75 Å². The zero-order chi connectivity index (χ0) is 28.5. The Morgan fingerprint density at radius 3 is 2.59 bits per heavy atom. The van der Waals surface area contributed by atoms with Crippen molar-refractivity contribution in [3.63, 3.8) is 0 Å². The van der Waals surface area contributed by atoms with Crippen LogP contribution in [-0.2, 0) is 9.53 Å². The molecular weight excluding hydrogens is 783 g/mol. The van der Waals surface area contributed by atoms with Gasteiger partial charge in [0.2, 0.25) is 0 Å². The van der Waals surface area contributed by atoms with E-state index in [9.17, 15) is 22.8 Å². The summed E-state index contributed by atoms with van der Waals surface area (Å²) in [6, 6.07) is 8.00. The Kier molecular flexibility index (Phi) is 9.14. The molecule has 0 spiro atoms. The summed E-state index contributed by atoms with van der Waals surface area (Å²) in [7, 11) is 0. The molecule has 0 fully saturated rings. The summed E-state index contributed by atoms with van der Waals surface area (Å²) in [4.78, 5) is 30.2. The maximum absolute atomic E-state index is 14.2. The molecule has 0 saturated heterocycles. The molecule has 0 unspecified atom stereocenters. The molecule has 0 radical (unpaired) electrons. The maximum Gasteiger partial charge on any atom is 0.434 e. The molecule has 202 valence electrons. The molecule has 1 aliphatic heterocycles. The van der Waals surface area contributed by atoms with E-state index in [1.54, 1.807) is 6.07 Å². The quantitative estimate of drug-likeness (QED) is 0.195. The number of benzene rings is 2. The van der Waals surface area contributed by atoms with Gasteiger partial charge in [0.05, 0.1) is 26.3 Å². The van der Waals surface area contributed by atoms with Crippen LogP contribution in [0.25, 0.3) is 6.08 Å². The number of carbonyl (C=O) groups is 1. The predicted molar refractivity (Wildman–Crippen MR) is 158 cm³/mol. The van der Waals surface area contributed by atoms with E-state index in [0.29, 0.717) is 16.3 Å². The van der Waals surface area contributed by atoms with Crippen molar-refractivity contribution in [2.45, 2.75) is 19.1 Å². The molecule has 0 N–H and O–H groups in total. The van der Waals surface area contributed by atoms with Crippen LogP contribution in [0.2, 0.25) is 5.02 Å². The smallest absolute Gasteiger partial charge is 0.434 e. The van der Waals surface area contributed by atoms with E-state index in [2.05, 4.69) is 56.1 Å². The Morgan fingerprint density at radius 1 is 1.28 bits per heavy atom. The van der Waals surface area contributed by atoms with Crippen LogP contribution >= 0.6 is 68.1 Å². The van der Waals surface area contributed by atoms with Crippen molar-refractivity contribution in [1.82, 2.24) is 4.57 Å². The molecule has 1 aliphatic rings. The van der Waals surface area contributed by atoms with Crippen LogP contribution < -0.4 is 19.6 Å². The van der Waals surface area contributed by atoms with Crippen LogP contribution in [0.3, 0.4) is 0 Å². The topological polar surface area (TPSA) is 69.9 Å². The van der Waals surface area contributed by atoms with Crippen molar-refractivity contribution < 1.29 is 27.4 Å². The highest BCUT2D eigenvalue weighted by atomic mass is 127. The van der Waals surface area contributed by atoms with Gasteiger partial charge in [-0.2, -0.15) is 13.2 Å². The molecule has 0 amide bonds. The van der Waals surface area contributed by atoms with Gasteiger partial charge in [-0.1, -0.05) is 41.0 Å². The van der Waals surface area contributed by atoms with Crippen LogP contribution in [-0.4, -0.2) is 29.9 Å². The van der Waals surface area contributed by atoms with Crippen molar-refractivity contribution in [1.29, 1.82) is 0 Å². The van der Waals surface area contributed by atoms with Gasteiger partial charge in [-0.15, -0.1) is 6.42 Å². The number of allylic oxidation sites excluding steroid dienone is 1. The molecule has 3 aromatic rings. The SMILES string of the molecule is C#CCOc1c(I)cc(I)cc1/C=c1\sc2n(c1=O)[C@H](c1ccc(Cl)cc1)C(C(=O)OCC)=C(C(F)(F)F)N=2. The number of rotatable bonds is 6. The van der Waals surface area contributed by atoms with Gasteiger partial charge in [-0.05, 0) is 88.0 Å². The first kappa shape index (κ1) is 29.6. The average Bonchev–Trinajstić information content (AvgIpc) is 3.17. The number of nitrogens with zero attached hydrogens (tertiary/aromatic N) is 2. The number of ether oxygens (including phenoxy) is 2. The third-order valence-electron chi connectivity index (χ3n) is 5.40. The largest absolute Gasteiger partial charge is 0.479 e. The van der Waals surface area contributed by atoms with Gasteiger partial charge in [-0.3, -0.25) is 9.36 Å². The summed E-state index contributed by atoms with van der Waals surface area (Å²) in [5.74, 6) is 1.59. The number of hydrogen-bond donors (Lipinski definition) is 0. The highest BCUT2D eigenvalue weighted by Gasteiger charge is 2.45. The van der Waals surface area contributed by atoms with Crippen molar-refractivity contribution in [3.05, 3.63) is 90.6 Å². The second-order valence-electron chi connectivity index (χ2n) is 7.91. The maximum atomic E-state index is 14.2. The van der Waals surface area contributed by atoms with Gasteiger partial charge in [0.15, 0.2) is 10.5 Å². The first-order valence-electron chi connectivity index (χ1n) is 11.1. The second-order valence-corrected chi connectivity index (χ2v) is 11.8. The molecule has 6 nitrogen and oxygen atoms in total. The number of carbonyl (C=O) groups excluding carboxylic acids is 1. The standard InChI is InChI=1S/C26H16ClF3I2N2O4S/c1-3-9-38-21-14(10-16(31)12-17(21)32)11-18-23(35)34-20(13-5-7-15(27)8-6-13)19(24(36)37-4-2)22(26(28,29)30)33-25(34)39-18/h1,5-8,10-12,20H,4,9H2,2H3/b18-11-/t20-/m1/s1. The molecule has 0 saturated carbocycles. The first-order valence-corrected chi connectivity index (χ1v) is 14.4. The molecular formula is C26H16ClF3I2N2O4S. The third-order valence-corrected chi connectivity index (χ3v) is 8.06. The van der Waals surface area contributed by atoms with E-state index < -0.39 is 35.0 Å². The zero-order valence-electron chi connectivity index (χ0n) is 19.8. The van der Waals surface area contributed by atoms with Crippen LogP contribution in [0.15, 0.2) is 57.5 Å². The van der Waals surface area contributed by atoms with Crippen molar-refractivity contribution in [2.24, 2.45) is 4.99 Å². The fraction of sp³-hybridized carbons (Fsp3) is 0.192. The lowest BCUT2D eigenvalue weighted by atomic mass is 9.95. The Morgan fingerprint density at radius 2 is 1.97 bits per heavy atom. The summed E-state index contributed by atoms with van der Waals surface area (Å²) < 4.78 is 56.1. The molecule has 0 aliphatic carbocycles. The molecule has 4 rings (SSSR count). The monoisotopic (exact) mass is 798 g/mol. The summed E-state index contributed by atoms with van der Waals surface area (Å²) in [6.45, 7) is 1.28. The molecule has 0 bridgehead atoms. The van der Waals surface area contributed by atoms with Gasteiger partial charge < -0.3 is 9.47 Å². The van der Waals surface area contributed by atoms with Gasteiger partial charge >= 0.3 is 12.1 Å². The molecule has 39 heavy (non-hydrogen) atoms. The summed E-state index contributed by atoms with van der Waals surface area (Å²) in [6.07, 6.45) is 1.86. The minimum absolute atomic E-state index is 0.0207. The molecule has 2 heterocycles. The number of halogens is 6. The summed E-state index contributed by atoms with van der Waals surface area (Å²) >= 11 is 10.9. The summed E-state index contributed by atoms with van der Waals surface area (Å²) in [5.41, 5.74) is -2.11. The van der Waals surface area contributed by atoms with Crippen LogP contribution in [0.1, 0.15) is 24.1 Å². The van der Waals surface area contributed by atoms with E-state index >= 15 is 0 Å². The second kappa shape index (κ2) is 12.0. The molecule has 1 aromatic heterocycles. The number of thiazole rings is 1. The van der Waals surface area contributed by atoms with Crippen molar-refractivity contribution >= 4 is 80.2 Å². The van der Waals surface area contributed by atoms with Crippen LogP contribution in [0.4, 0.5) is 13.2 Å². The fourth-order valence-electron chi connectivity index (χ4n) is 3.90. The number of aromatic nitrogens is 1. The van der Waals surface area contributed by atoms with E-state index in [4.69, 9.17) is 27.5 Å². The van der Waals surface area contributed by atoms with Gasteiger partial charge in [0.25, 0.3) is 5.56 Å². The van der Waals surface area contributed by atoms with Gasteiger partial charge in [0.1, 0.15) is 12.4 Å². The number of fused-ring (bicyclic) bond motifs is 1. The lowest BCUT2D eigenvalue weighted by molar-refractivity contribution is -0.140. The van der Waals surface area contributed by atoms with Gasteiger partial charge in [-0.25, -0.2) is 9.79 Å². The van der Waals surface area contributed by atoms with E-state index in [1.807, 2.05) is 6.07 Å². The fourth-order valence-corrected chi connectivity index (χ4v) is 7.06. The highest BCUT2D eigenvalue weighted by Crippen LogP contribution is 2.38. The minimum atomic E-state index is -5.00. The summed E-state index contributed by atoms with van der Waals surface area (Å²) in [5, 5.41) is 0.330. The Labute approximate surface area is 256 Å². The number of terminal acetylenes is 1. The van der Waals surface area contributed by atoms with E-state index in [1.165, 1.54) is 37.3 Å². The van der Waals surface area contributed by atoms with Crippen molar-refractivity contribution in [2.75, 3.05) is 13.2 Å². The number of alkyl halides is 3. The number of hydrogen-bond acceptors (Lipinski definition) is 6. The Balaban J connectivity index is 2.05. The molecule has 13 heteroatoms. The third kappa shape index (κ3) is 6.21. The van der Waals surface area contributed by atoms with E-state index in [0.717, 1.165) is 23.0 Å². The molecule has 2 aromatic carbocycles. The number of esters is 1. The normalized spacial score (nSPS) is 15.4. The van der Waals surface area contributed by atoms with E-state index in [-0.39, 0.29) is 28.1 Å². The minimum Gasteiger partial charge on any atom is -0.479 e. The lowest BCUT2D eigenvalue weighted by Crippen LogP contribution is -2.41. The molecule has 1 atom stereocenters. The average molecular weight is 799 g/mol. The van der Waals surface area contributed by atoms with Gasteiger partial charge in [0, 0.05) is 14.2 Å². The zero-order valence-corrected chi connectivity index (χ0v) is 25.7.